The van der Waals surface area contributed by atoms with Gasteiger partial charge in [-0.25, -0.2) is 4.98 Å². The number of hydrogen-bond acceptors (Lipinski definition) is 6. The molecule has 132 valence electrons. The summed E-state index contributed by atoms with van der Waals surface area (Å²) in [5.74, 6) is 2.43. The average Bonchev–Trinajstić information content (AvgIpc) is 3.04. The van der Waals surface area contributed by atoms with Crippen molar-refractivity contribution in [3.63, 3.8) is 0 Å². The molecule has 3 fully saturated rings. The predicted molar refractivity (Wildman–Crippen MR) is 93.5 cm³/mol. The lowest BCUT2D eigenvalue weighted by Gasteiger charge is -2.38. The first-order valence-electron chi connectivity index (χ1n) is 9.27. The molecule has 0 radical (unpaired) electrons. The molecule has 3 aliphatic heterocycles. The Balaban J connectivity index is 1.47. The van der Waals surface area contributed by atoms with Crippen LogP contribution in [-0.4, -0.2) is 55.1 Å². The summed E-state index contributed by atoms with van der Waals surface area (Å²) in [6, 6.07) is 2.10. The van der Waals surface area contributed by atoms with Crippen molar-refractivity contribution in [3.8, 4) is 0 Å². The van der Waals surface area contributed by atoms with Gasteiger partial charge in [-0.15, -0.1) is 0 Å². The fourth-order valence-corrected chi connectivity index (χ4v) is 3.91. The first kappa shape index (κ1) is 16.1. The molecular formula is C18H28N4O2. The van der Waals surface area contributed by atoms with Crippen LogP contribution in [0.3, 0.4) is 0 Å². The van der Waals surface area contributed by atoms with Crippen LogP contribution in [0, 0.1) is 12.8 Å². The molecule has 4 heterocycles. The molecule has 4 rings (SSSR count). The highest BCUT2D eigenvalue weighted by Gasteiger charge is 2.40. The van der Waals surface area contributed by atoms with Crippen molar-refractivity contribution in [2.24, 2.45) is 5.92 Å². The van der Waals surface area contributed by atoms with E-state index in [1.807, 2.05) is 0 Å². The van der Waals surface area contributed by atoms with E-state index in [0.717, 1.165) is 75.6 Å². The highest BCUT2D eigenvalue weighted by molar-refractivity contribution is 5.46. The number of hydrogen-bond donors (Lipinski definition) is 0. The van der Waals surface area contributed by atoms with E-state index in [4.69, 9.17) is 14.5 Å². The summed E-state index contributed by atoms with van der Waals surface area (Å²) in [6.07, 6.45) is 4.28. The zero-order chi connectivity index (χ0) is 16.6. The smallest absolute Gasteiger partial charge is 0.227 e. The molecule has 0 atom stereocenters. The highest BCUT2D eigenvalue weighted by atomic mass is 16.7. The number of piperidine rings is 2. The third kappa shape index (κ3) is 3.22. The molecule has 0 amide bonds. The van der Waals surface area contributed by atoms with Crippen LogP contribution < -0.4 is 9.80 Å². The lowest BCUT2D eigenvalue weighted by atomic mass is 10.00. The van der Waals surface area contributed by atoms with Crippen LogP contribution in [0.5, 0.6) is 0 Å². The summed E-state index contributed by atoms with van der Waals surface area (Å²) in [5, 5.41) is 0. The van der Waals surface area contributed by atoms with Crippen molar-refractivity contribution in [1.82, 2.24) is 9.97 Å². The van der Waals surface area contributed by atoms with Gasteiger partial charge in [-0.2, -0.15) is 4.98 Å². The van der Waals surface area contributed by atoms with Crippen LogP contribution in [0.2, 0.25) is 0 Å². The molecule has 0 saturated carbocycles. The first-order valence-corrected chi connectivity index (χ1v) is 9.27. The van der Waals surface area contributed by atoms with Crippen molar-refractivity contribution >= 4 is 11.8 Å². The molecule has 1 aromatic heterocycles. The van der Waals surface area contributed by atoms with Crippen molar-refractivity contribution < 1.29 is 9.47 Å². The van der Waals surface area contributed by atoms with Crippen LogP contribution in [0.1, 0.15) is 38.3 Å². The van der Waals surface area contributed by atoms with E-state index in [0.29, 0.717) is 0 Å². The van der Waals surface area contributed by atoms with Gasteiger partial charge in [0.15, 0.2) is 5.79 Å². The summed E-state index contributed by atoms with van der Waals surface area (Å²) in [6.45, 7) is 9.82. The van der Waals surface area contributed by atoms with Crippen LogP contribution >= 0.6 is 0 Å². The summed E-state index contributed by atoms with van der Waals surface area (Å²) in [5.41, 5.74) is 1.04. The molecule has 3 saturated heterocycles. The lowest BCUT2D eigenvalue weighted by Crippen LogP contribution is -2.45. The third-order valence-corrected chi connectivity index (χ3v) is 5.56. The quantitative estimate of drug-likeness (QED) is 0.829. The predicted octanol–water partition coefficient (Wildman–Crippen LogP) is 2.36. The van der Waals surface area contributed by atoms with Crippen molar-refractivity contribution in [1.29, 1.82) is 0 Å². The Bertz CT molecular complexity index is 570. The number of aromatic nitrogens is 2. The topological polar surface area (TPSA) is 50.7 Å². The molecule has 0 aromatic carbocycles. The third-order valence-electron chi connectivity index (χ3n) is 5.56. The van der Waals surface area contributed by atoms with Crippen molar-refractivity contribution in [3.05, 3.63) is 11.8 Å². The number of rotatable bonds is 2. The van der Waals surface area contributed by atoms with E-state index in [9.17, 15) is 0 Å². The Morgan fingerprint density at radius 3 is 2.33 bits per heavy atom. The van der Waals surface area contributed by atoms with Gasteiger partial charge in [-0.3, -0.25) is 0 Å². The Hall–Kier alpha value is -1.40. The molecule has 0 unspecified atom stereocenters. The summed E-state index contributed by atoms with van der Waals surface area (Å²) >= 11 is 0. The number of aryl methyl sites for hydroxylation is 1. The molecule has 0 aliphatic carbocycles. The zero-order valence-electron chi connectivity index (χ0n) is 14.8. The van der Waals surface area contributed by atoms with Gasteiger partial charge in [-0.05, 0) is 25.7 Å². The standard InChI is InChI=1S/C18H28N4O2/c1-14-3-7-22(8-4-14)17-19-15(2)13-16(20-17)21-9-5-18(6-10-21)23-11-12-24-18/h13-14H,3-12H2,1-2H3. The molecule has 6 heteroatoms. The molecule has 3 aliphatic rings. The maximum atomic E-state index is 5.83. The van der Waals surface area contributed by atoms with E-state index in [1.54, 1.807) is 0 Å². The second-order valence-corrected chi connectivity index (χ2v) is 7.43. The second kappa shape index (κ2) is 6.48. The van der Waals surface area contributed by atoms with E-state index in [-0.39, 0.29) is 5.79 Å². The Kier molecular flexibility index (Phi) is 4.35. The van der Waals surface area contributed by atoms with Gasteiger partial charge in [-0.1, -0.05) is 6.92 Å². The van der Waals surface area contributed by atoms with E-state index in [2.05, 4.69) is 34.7 Å². The van der Waals surface area contributed by atoms with Crippen molar-refractivity contribution in [2.45, 2.75) is 45.3 Å². The van der Waals surface area contributed by atoms with Crippen LogP contribution in [0.25, 0.3) is 0 Å². The summed E-state index contributed by atoms with van der Waals surface area (Å²) in [7, 11) is 0. The normalized spacial score (nSPS) is 24.8. The highest BCUT2D eigenvalue weighted by Crippen LogP contribution is 2.33. The molecule has 1 spiro atoms. The minimum atomic E-state index is -0.329. The molecule has 6 nitrogen and oxygen atoms in total. The number of ether oxygens (including phenoxy) is 2. The van der Waals surface area contributed by atoms with Gasteiger partial charge in [0.1, 0.15) is 5.82 Å². The Morgan fingerprint density at radius 2 is 1.67 bits per heavy atom. The first-order chi connectivity index (χ1) is 11.6. The van der Waals surface area contributed by atoms with Gasteiger partial charge in [0, 0.05) is 50.8 Å². The molecule has 0 N–H and O–H groups in total. The molecule has 1 aromatic rings. The SMILES string of the molecule is Cc1cc(N2CCC3(CC2)OCCO3)nc(N2CCC(C)CC2)n1. The van der Waals surface area contributed by atoms with Gasteiger partial charge in [0.25, 0.3) is 0 Å². The average molecular weight is 332 g/mol. The minimum absolute atomic E-state index is 0.329. The molecular weight excluding hydrogens is 304 g/mol. The minimum Gasteiger partial charge on any atom is -0.356 e. The second-order valence-electron chi connectivity index (χ2n) is 7.43. The lowest BCUT2D eigenvalue weighted by molar-refractivity contribution is -0.169. The maximum absolute atomic E-state index is 5.83. The number of nitrogens with zero attached hydrogens (tertiary/aromatic N) is 4. The molecule has 0 bridgehead atoms. The van der Waals surface area contributed by atoms with Crippen molar-refractivity contribution in [2.75, 3.05) is 49.2 Å². The van der Waals surface area contributed by atoms with E-state index in [1.165, 1.54) is 12.8 Å². The zero-order valence-corrected chi connectivity index (χ0v) is 14.8. The summed E-state index contributed by atoms with van der Waals surface area (Å²) in [4.78, 5) is 14.3. The molecule has 24 heavy (non-hydrogen) atoms. The largest absolute Gasteiger partial charge is 0.356 e. The van der Waals surface area contributed by atoms with Crippen LogP contribution in [-0.2, 0) is 9.47 Å². The Labute approximate surface area is 144 Å². The van der Waals surface area contributed by atoms with E-state index < -0.39 is 0 Å². The fourth-order valence-electron chi connectivity index (χ4n) is 3.91. The van der Waals surface area contributed by atoms with Gasteiger partial charge in [0.2, 0.25) is 5.95 Å². The van der Waals surface area contributed by atoms with Gasteiger partial charge < -0.3 is 19.3 Å². The fraction of sp³-hybridized carbons (Fsp3) is 0.778. The maximum Gasteiger partial charge on any atom is 0.227 e. The van der Waals surface area contributed by atoms with Crippen LogP contribution in [0.15, 0.2) is 6.07 Å². The monoisotopic (exact) mass is 332 g/mol. The van der Waals surface area contributed by atoms with Gasteiger partial charge in [0.05, 0.1) is 13.2 Å². The Morgan fingerprint density at radius 1 is 1.00 bits per heavy atom. The van der Waals surface area contributed by atoms with E-state index >= 15 is 0 Å². The number of anilines is 2. The van der Waals surface area contributed by atoms with Crippen LogP contribution in [0.4, 0.5) is 11.8 Å². The summed E-state index contributed by atoms with van der Waals surface area (Å²) < 4.78 is 11.7. The van der Waals surface area contributed by atoms with Gasteiger partial charge >= 0.3 is 0 Å².